The summed E-state index contributed by atoms with van der Waals surface area (Å²) in [6.45, 7) is 0. The molecule has 3 rings (SSSR count). The Morgan fingerprint density at radius 2 is 2.24 bits per heavy atom. The van der Waals surface area contributed by atoms with Crippen molar-refractivity contribution in [2.24, 2.45) is 0 Å². The van der Waals surface area contributed by atoms with Crippen molar-refractivity contribution in [3.63, 3.8) is 0 Å². The zero-order chi connectivity index (χ0) is 11.8. The summed E-state index contributed by atoms with van der Waals surface area (Å²) in [7, 11) is 0. The van der Waals surface area contributed by atoms with Gasteiger partial charge < -0.3 is 4.74 Å². The Hall–Kier alpha value is -1.36. The molecule has 2 aromatic rings. The smallest absolute Gasteiger partial charge is 0.272 e. The lowest BCUT2D eigenvalue weighted by Gasteiger charge is -2.07. The van der Waals surface area contributed by atoms with Crippen molar-refractivity contribution in [1.29, 1.82) is 0 Å². The number of hydrogen-bond donors (Lipinski definition) is 1. The van der Waals surface area contributed by atoms with Crippen LogP contribution in [-0.2, 0) is 5.33 Å². The van der Waals surface area contributed by atoms with E-state index < -0.39 is 0 Å². The molecule has 0 radical (unpaired) electrons. The third kappa shape index (κ3) is 2.07. The Balaban J connectivity index is 2.14. The first-order valence-corrected chi connectivity index (χ1v) is 6.64. The van der Waals surface area contributed by atoms with Crippen molar-refractivity contribution in [2.45, 2.75) is 24.3 Å². The number of aromatic amines is 1. The summed E-state index contributed by atoms with van der Waals surface area (Å²) in [6, 6.07) is 5.53. The van der Waals surface area contributed by atoms with E-state index in [1.54, 1.807) is 6.07 Å². The van der Waals surface area contributed by atoms with Crippen LogP contribution in [0.1, 0.15) is 18.5 Å². The predicted octanol–water partition coefficient (Wildman–Crippen LogP) is 2.36. The van der Waals surface area contributed by atoms with Crippen LogP contribution >= 0.6 is 15.9 Å². The van der Waals surface area contributed by atoms with Crippen molar-refractivity contribution in [3.8, 4) is 5.75 Å². The highest BCUT2D eigenvalue weighted by Gasteiger charge is 2.23. The maximum atomic E-state index is 11.6. The van der Waals surface area contributed by atoms with Gasteiger partial charge in [0, 0.05) is 10.7 Å². The number of halogens is 1. The van der Waals surface area contributed by atoms with Gasteiger partial charge in [-0.2, -0.15) is 5.10 Å². The molecule has 1 saturated carbocycles. The average Bonchev–Trinajstić information content (AvgIpc) is 3.14. The molecule has 0 bridgehead atoms. The van der Waals surface area contributed by atoms with Crippen molar-refractivity contribution in [1.82, 2.24) is 10.2 Å². The quantitative estimate of drug-likeness (QED) is 0.884. The number of nitrogens with one attached hydrogen (secondary N) is 1. The fourth-order valence-corrected chi connectivity index (χ4v) is 2.18. The summed E-state index contributed by atoms with van der Waals surface area (Å²) in [5.74, 6) is 0.814. The molecule has 1 aromatic carbocycles. The van der Waals surface area contributed by atoms with Gasteiger partial charge in [0.05, 0.1) is 17.2 Å². The molecule has 0 spiro atoms. The molecule has 0 amide bonds. The topological polar surface area (TPSA) is 55.0 Å². The molecule has 1 aromatic heterocycles. The van der Waals surface area contributed by atoms with E-state index in [4.69, 9.17) is 4.74 Å². The summed E-state index contributed by atoms with van der Waals surface area (Å²) in [5, 5.41) is 8.62. The van der Waals surface area contributed by atoms with E-state index in [0.29, 0.717) is 16.8 Å². The Morgan fingerprint density at radius 3 is 2.94 bits per heavy atom. The predicted molar refractivity (Wildman–Crippen MR) is 68.6 cm³/mol. The van der Waals surface area contributed by atoms with Gasteiger partial charge in [-0.1, -0.05) is 15.9 Å². The maximum Gasteiger partial charge on any atom is 0.272 e. The van der Waals surface area contributed by atoms with Crippen LogP contribution in [0.2, 0.25) is 0 Å². The first kappa shape index (κ1) is 10.8. The van der Waals surface area contributed by atoms with Gasteiger partial charge in [-0.05, 0) is 31.0 Å². The van der Waals surface area contributed by atoms with Gasteiger partial charge >= 0.3 is 0 Å². The zero-order valence-corrected chi connectivity index (χ0v) is 10.7. The van der Waals surface area contributed by atoms with Crippen LogP contribution < -0.4 is 10.3 Å². The highest BCUT2D eigenvalue weighted by atomic mass is 79.9. The van der Waals surface area contributed by atoms with Crippen LogP contribution in [0.15, 0.2) is 23.0 Å². The number of ether oxygens (including phenoxy) is 1. The van der Waals surface area contributed by atoms with E-state index >= 15 is 0 Å². The van der Waals surface area contributed by atoms with E-state index in [1.807, 2.05) is 12.1 Å². The lowest BCUT2D eigenvalue weighted by Crippen LogP contribution is -2.10. The first-order valence-electron chi connectivity index (χ1n) is 5.52. The number of alkyl halides is 1. The fraction of sp³-hybridized carbons (Fsp3) is 0.333. The van der Waals surface area contributed by atoms with Crippen molar-refractivity contribution in [2.75, 3.05) is 0 Å². The molecule has 5 heteroatoms. The summed E-state index contributed by atoms with van der Waals surface area (Å²) in [5.41, 5.74) is 0.656. The monoisotopic (exact) mass is 294 g/mol. The second-order valence-electron chi connectivity index (χ2n) is 4.16. The summed E-state index contributed by atoms with van der Waals surface area (Å²) >= 11 is 3.37. The van der Waals surface area contributed by atoms with Crippen LogP contribution in [0.3, 0.4) is 0 Å². The Labute approximate surface area is 106 Å². The number of nitrogens with zero attached hydrogens (tertiary/aromatic N) is 1. The largest absolute Gasteiger partial charge is 0.490 e. The minimum atomic E-state index is -0.164. The van der Waals surface area contributed by atoms with E-state index in [0.717, 1.165) is 29.7 Å². The number of fused-ring (bicyclic) bond motifs is 1. The van der Waals surface area contributed by atoms with Gasteiger partial charge in [0.2, 0.25) is 0 Å². The third-order valence-corrected chi connectivity index (χ3v) is 3.32. The highest BCUT2D eigenvalue weighted by Crippen LogP contribution is 2.29. The van der Waals surface area contributed by atoms with Crippen LogP contribution in [0.5, 0.6) is 5.75 Å². The van der Waals surface area contributed by atoms with E-state index in [-0.39, 0.29) is 5.56 Å². The molecule has 17 heavy (non-hydrogen) atoms. The molecule has 0 unspecified atom stereocenters. The van der Waals surface area contributed by atoms with Gasteiger partial charge in [-0.25, -0.2) is 5.10 Å². The lowest BCUT2D eigenvalue weighted by atomic mass is 10.1. The third-order valence-electron chi connectivity index (χ3n) is 2.79. The molecule has 0 saturated heterocycles. The number of aromatic nitrogens is 2. The standard InChI is InChI=1S/C12H11BrN2O2/c13-6-11-10-5-8(17-7-1-2-7)3-4-9(10)12(16)15-14-11/h3-5,7H,1-2,6H2,(H,15,16). The fourth-order valence-electron chi connectivity index (χ4n) is 1.75. The van der Waals surface area contributed by atoms with E-state index in [9.17, 15) is 4.79 Å². The number of benzene rings is 1. The molecular formula is C12H11BrN2O2. The first-order chi connectivity index (χ1) is 8.28. The maximum absolute atomic E-state index is 11.6. The minimum absolute atomic E-state index is 0.164. The Bertz CT molecular complexity index is 619. The van der Waals surface area contributed by atoms with Gasteiger partial charge in [0.15, 0.2) is 0 Å². The van der Waals surface area contributed by atoms with Gasteiger partial charge in [0.25, 0.3) is 5.56 Å². The van der Waals surface area contributed by atoms with E-state index in [1.165, 1.54) is 0 Å². The molecule has 1 heterocycles. The second kappa shape index (κ2) is 4.14. The zero-order valence-electron chi connectivity index (χ0n) is 9.07. The number of rotatable bonds is 3. The van der Waals surface area contributed by atoms with Crippen LogP contribution in [0.4, 0.5) is 0 Å². The van der Waals surface area contributed by atoms with E-state index in [2.05, 4.69) is 26.1 Å². The van der Waals surface area contributed by atoms with Crippen molar-refractivity contribution >= 4 is 26.7 Å². The van der Waals surface area contributed by atoms with Crippen molar-refractivity contribution in [3.05, 3.63) is 34.2 Å². The summed E-state index contributed by atoms with van der Waals surface area (Å²) in [4.78, 5) is 11.6. The Morgan fingerprint density at radius 1 is 1.41 bits per heavy atom. The molecule has 88 valence electrons. The minimum Gasteiger partial charge on any atom is -0.490 e. The molecule has 0 aliphatic heterocycles. The average molecular weight is 295 g/mol. The van der Waals surface area contributed by atoms with Crippen LogP contribution in [-0.4, -0.2) is 16.3 Å². The summed E-state index contributed by atoms with van der Waals surface area (Å²) < 4.78 is 5.72. The van der Waals surface area contributed by atoms with Crippen molar-refractivity contribution < 1.29 is 4.74 Å². The molecule has 1 fully saturated rings. The highest BCUT2D eigenvalue weighted by molar-refractivity contribution is 9.08. The van der Waals surface area contributed by atoms with Crippen LogP contribution in [0.25, 0.3) is 10.8 Å². The Kier molecular flexibility index (Phi) is 2.63. The van der Waals surface area contributed by atoms with Gasteiger partial charge in [0.1, 0.15) is 5.75 Å². The number of H-pyrrole nitrogens is 1. The lowest BCUT2D eigenvalue weighted by molar-refractivity contribution is 0.303. The molecule has 0 atom stereocenters. The molecule has 1 aliphatic carbocycles. The second-order valence-corrected chi connectivity index (χ2v) is 4.72. The molecule has 1 N–H and O–H groups in total. The number of hydrogen-bond acceptors (Lipinski definition) is 3. The SMILES string of the molecule is O=c1[nH]nc(CBr)c2cc(OC3CC3)ccc12. The van der Waals surface area contributed by atoms with Crippen LogP contribution in [0, 0.1) is 0 Å². The molecule has 1 aliphatic rings. The summed E-state index contributed by atoms with van der Waals surface area (Å²) in [6.07, 6.45) is 2.60. The molecule has 4 nitrogen and oxygen atoms in total. The molecular weight excluding hydrogens is 284 g/mol. The van der Waals surface area contributed by atoms with Gasteiger partial charge in [-0.3, -0.25) is 4.79 Å². The normalized spacial score (nSPS) is 15.1. The van der Waals surface area contributed by atoms with Gasteiger partial charge in [-0.15, -0.1) is 0 Å².